The summed E-state index contributed by atoms with van der Waals surface area (Å²) in [6, 6.07) is 5.34. The molecule has 0 heterocycles. The van der Waals surface area contributed by atoms with E-state index in [0.717, 1.165) is 25.7 Å². The number of hydrogen-bond donors (Lipinski definition) is 2. The van der Waals surface area contributed by atoms with Gasteiger partial charge in [0.2, 0.25) is 5.91 Å². The minimum Gasteiger partial charge on any atom is -0.478 e. The molecular weight excluding hydrogens is 294 g/mol. The van der Waals surface area contributed by atoms with Crippen molar-refractivity contribution < 1.29 is 23.1 Å². The molecule has 2 N–H and O–H groups in total. The summed E-state index contributed by atoms with van der Waals surface area (Å²) in [7, 11) is -3.97. The summed E-state index contributed by atoms with van der Waals surface area (Å²) in [6.45, 7) is 0. The van der Waals surface area contributed by atoms with Crippen molar-refractivity contribution in [2.75, 3.05) is 5.75 Å². The van der Waals surface area contributed by atoms with Gasteiger partial charge in [0.1, 0.15) is 5.75 Å². The smallest absolute Gasteiger partial charge is 0.337 e. The summed E-state index contributed by atoms with van der Waals surface area (Å²) >= 11 is 0. The maximum absolute atomic E-state index is 12.2. The predicted octanol–water partition coefficient (Wildman–Crippen LogP) is 1.22. The molecule has 0 radical (unpaired) electrons. The number of rotatable bonds is 5. The molecule has 21 heavy (non-hydrogen) atoms. The minimum atomic E-state index is -3.97. The molecule has 6 nitrogen and oxygen atoms in total. The van der Waals surface area contributed by atoms with Gasteiger partial charge >= 0.3 is 5.97 Å². The molecule has 114 valence electrons. The first-order valence-corrected chi connectivity index (χ1v) is 8.40. The standard InChI is InChI=1S/C14H17NO5S/c16-13(15-10-5-1-2-6-10)9-21(19,20)12-8-4-3-7-11(12)14(17)18/h3-4,7-8,10H,1-2,5-6,9H2,(H,15,16)(H,17,18). The molecule has 2 rings (SSSR count). The summed E-state index contributed by atoms with van der Waals surface area (Å²) < 4.78 is 24.4. The molecular formula is C14H17NO5S. The fourth-order valence-electron chi connectivity index (χ4n) is 2.50. The number of hydrogen-bond acceptors (Lipinski definition) is 4. The Morgan fingerprint density at radius 3 is 2.43 bits per heavy atom. The van der Waals surface area contributed by atoms with Crippen molar-refractivity contribution in [2.24, 2.45) is 0 Å². The van der Waals surface area contributed by atoms with Gasteiger partial charge in [0.15, 0.2) is 9.84 Å². The second-order valence-electron chi connectivity index (χ2n) is 5.11. The van der Waals surface area contributed by atoms with Crippen molar-refractivity contribution >= 4 is 21.7 Å². The second-order valence-corrected chi connectivity index (χ2v) is 7.07. The maximum atomic E-state index is 12.2. The highest BCUT2D eigenvalue weighted by Crippen LogP contribution is 2.19. The average molecular weight is 311 g/mol. The number of carbonyl (C=O) groups excluding carboxylic acids is 1. The zero-order chi connectivity index (χ0) is 15.5. The van der Waals surface area contributed by atoms with Crippen LogP contribution < -0.4 is 5.32 Å². The fourth-order valence-corrected chi connectivity index (χ4v) is 3.86. The number of carboxylic acids is 1. The Morgan fingerprint density at radius 2 is 1.81 bits per heavy atom. The van der Waals surface area contributed by atoms with Gasteiger partial charge in [-0.05, 0) is 25.0 Å². The van der Waals surface area contributed by atoms with Gasteiger partial charge in [-0.15, -0.1) is 0 Å². The lowest BCUT2D eigenvalue weighted by Crippen LogP contribution is -2.37. The van der Waals surface area contributed by atoms with Crippen LogP contribution in [0.15, 0.2) is 29.2 Å². The van der Waals surface area contributed by atoms with Gasteiger partial charge in [0, 0.05) is 6.04 Å². The van der Waals surface area contributed by atoms with Gasteiger partial charge < -0.3 is 10.4 Å². The Balaban J connectivity index is 2.14. The minimum absolute atomic E-state index is 0.0300. The van der Waals surface area contributed by atoms with Gasteiger partial charge in [-0.1, -0.05) is 25.0 Å². The number of amides is 1. The van der Waals surface area contributed by atoms with Crippen molar-refractivity contribution in [3.63, 3.8) is 0 Å². The number of aromatic carboxylic acids is 1. The molecule has 1 aromatic carbocycles. The van der Waals surface area contributed by atoms with E-state index in [1.54, 1.807) is 0 Å². The van der Waals surface area contributed by atoms with Crippen molar-refractivity contribution in [1.82, 2.24) is 5.32 Å². The van der Waals surface area contributed by atoms with Crippen LogP contribution >= 0.6 is 0 Å². The summed E-state index contributed by atoms with van der Waals surface area (Å²) in [5.74, 6) is -2.64. The molecule has 0 saturated heterocycles. The first-order chi connectivity index (χ1) is 9.90. The van der Waals surface area contributed by atoms with E-state index in [1.807, 2.05) is 0 Å². The normalized spacial score (nSPS) is 15.8. The summed E-state index contributed by atoms with van der Waals surface area (Å²) in [4.78, 5) is 22.6. The second kappa shape index (κ2) is 6.26. The molecule has 0 aliphatic heterocycles. The molecule has 1 amide bonds. The van der Waals surface area contributed by atoms with E-state index in [0.29, 0.717) is 0 Å². The van der Waals surface area contributed by atoms with E-state index in [2.05, 4.69) is 5.32 Å². The monoisotopic (exact) mass is 311 g/mol. The van der Waals surface area contributed by atoms with E-state index in [4.69, 9.17) is 5.11 Å². The lowest BCUT2D eigenvalue weighted by molar-refractivity contribution is -0.119. The topological polar surface area (TPSA) is 101 Å². The lowest BCUT2D eigenvalue weighted by atomic mass is 10.2. The first-order valence-electron chi connectivity index (χ1n) is 6.74. The molecule has 7 heteroatoms. The quantitative estimate of drug-likeness (QED) is 0.851. The molecule has 0 atom stereocenters. The summed E-state index contributed by atoms with van der Waals surface area (Å²) in [5, 5.41) is 11.7. The first kappa shape index (κ1) is 15.5. The van der Waals surface area contributed by atoms with Crippen LogP contribution in [0.3, 0.4) is 0 Å². The largest absolute Gasteiger partial charge is 0.478 e. The lowest BCUT2D eigenvalue weighted by Gasteiger charge is -2.12. The highest BCUT2D eigenvalue weighted by Gasteiger charge is 2.26. The van der Waals surface area contributed by atoms with E-state index in [-0.39, 0.29) is 16.5 Å². The Hall–Kier alpha value is -1.89. The highest BCUT2D eigenvalue weighted by molar-refractivity contribution is 7.92. The van der Waals surface area contributed by atoms with Crippen LogP contribution in [0, 0.1) is 0 Å². The fraction of sp³-hybridized carbons (Fsp3) is 0.429. The molecule has 1 aliphatic rings. The predicted molar refractivity (Wildman–Crippen MR) is 75.9 cm³/mol. The third kappa shape index (κ3) is 3.81. The average Bonchev–Trinajstić information content (AvgIpc) is 2.90. The molecule has 0 bridgehead atoms. The SMILES string of the molecule is O=C(CS(=O)(=O)c1ccccc1C(=O)O)NC1CCCC1. The van der Waals surface area contributed by atoms with Gasteiger partial charge in [-0.25, -0.2) is 13.2 Å². The third-order valence-corrected chi connectivity index (χ3v) is 5.16. The van der Waals surface area contributed by atoms with Crippen molar-refractivity contribution in [3.8, 4) is 0 Å². The van der Waals surface area contributed by atoms with Crippen LogP contribution in [0.2, 0.25) is 0 Å². The van der Waals surface area contributed by atoms with Crippen LogP contribution in [-0.2, 0) is 14.6 Å². The van der Waals surface area contributed by atoms with Crippen LogP contribution in [0.25, 0.3) is 0 Å². The van der Waals surface area contributed by atoms with E-state index in [9.17, 15) is 18.0 Å². The number of sulfone groups is 1. The zero-order valence-corrected chi connectivity index (χ0v) is 12.2. The molecule has 0 unspecified atom stereocenters. The van der Waals surface area contributed by atoms with Crippen molar-refractivity contribution in [1.29, 1.82) is 0 Å². The number of carbonyl (C=O) groups is 2. The van der Waals surface area contributed by atoms with Gasteiger partial charge in [-0.3, -0.25) is 4.79 Å². The van der Waals surface area contributed by atoms with Gasteiger partial charge in [-0.2, -0.15) is 0 Å². The van der Waals surface area contributed by atoms with Crippen LogP contribution in [0.1, 0.15) is 36.0 Å². The number of benzene rings is 1. The zero-order valence-electron chi connectivity index (χ0n) is 11.4. The van der Waals surface area contributed by atoms with E-state index in [1.165, 1.54) is 24.3 Å². The molecule has 1 aromatic rings. The third-order valence-electron chi connectivity index (χ3n) is 3.49. The van der Waals surface area contributed by atoms with Crippen LogP contribution in [-0.4, -0.2) is 37.2 Å². The number of carboxylic acid groups (broad SMARTS) is 1. The van der Waals surface area contributed by atoms with Crippen molar-refractivity contribution in [3.05, 3.63) is 29.8 Å². The Morgan fingerprint density at radius 1 is 1.19 bits per heavy atom. The summed E-state index contributed by atoms with van der Waals surface area (Å²) in [6.07, 6.45) is 3.77. The maximum Gasteiger partial charge on any atom is 0.337 e. The molecule has 0 aromatic heterocycles. The van der Waals surface area contributed by atoms with E-state index < -0.39 is 27.5 Å². The Labute approximate surface area is 123 Å². The van der Waals surface area contributed by atoms with Crippen LogP contribution in [0.5, 0.6) is 0 Å². The summed E-state index contributed by atoms with van der Waals surface area (Å²) in [5.41, 5.74) is -0.314. The molecule has 0 spiro atoms. The van der Waals surface area contributed by atoms with Crippen LogP contribution in [0.4, 0.5) is 0 Å². The van der Waals surface area contributed by atoms with E-state index >= 15 is 0 Å². The molecule has 1 aliphatic carbocycles. The molecule has 1 fully saturated rings. The van der Waals surface area contributed by atoms with Gasteiger partial charge in [0.05, 0.1) is 10.5 Å². The highest BCUT2D eigenvalue weighted by atomic mass is 32.2. The Bertz CT molecular complexity index is 647. The Kier molecular flexibility index (Phi) is 4.62. The molecule has 1 saturated carbocycles. The van der Waals surface area contributed by atoms with Crippen molar-refractivity contribution in [2.45, 2.75) is 36.6 Å². The van der Waals surface area contributed by atoms with Gasteiger partial charge in [0.25, 0.3) is 0 Å². The number of nitrogens with one attached hydrogen (secondary N) is 1.